The van der Waals surface area contributed by atoms with Crippen molar-refractivity contribution in [3.05, 3.63) is 38.9 Å². The van der Waals surface area contributed by atoms with E-state index in [1.807, 2.05) is 0 Å². The van der Waals surface area contributed by atoms with Crippen LogP contribution >= 0.6 is 11.6 Å². The number of nitrogens with zero attached hydrogens (tertiary/aromatic N) is 1. The van der Waals surface area contributed by atoms with Gasteiger partial charge in [0.1, 0.15) is 6.04 Å². The van der Waals surface area contributed by atoms with Crippen LogP contribution in [0.15, 0.2) is 18.2 Å². The highest BCUT2D eigenvalue weighted by molar-refractivity contribution is 6.34. The maximum atomic E-state index is 12.0. The van der Waals surface area contributed by atoms with Crippen LogP contribution in [0.1, 0.15) is 31.1 Å². The first-order chi connectivity index (χ1) is 9.72. The number of non-ortho nitro benzene ring substituents is 1. The van der Waals surface area contributed by atoms with Gasteiger partial charge in [0, 0.05) is 18.2 Å². The summed E-state index contributed by atoms with van der Waals surface area (Å²) < 4.78 is 0. The van der Waals surface area contributed by atoms with E-state index in [4.69, 9.17) is 11.6 Å². The quantitative estimate of drug-likeness (QED) is 0.640. The Bertz CT molecular complexity index is 575. The molecule has 7 nitrogen and oxygen atoms in total. The van der Waals surface area contributed by atoms with E-state index in [0.717, 1.165) is 6.07 Å². The molecule has 21 heavy (non-hydrogen) atoms. The van der Waals surface area contributed by atoms with E-state index in [0.29, 0.717) is 0 Å². The third-order valence-electron chi connectivity index (χ3n) is 2.58. The van der Waals surface area contributed by atoms with Crippen molar-refractivity contribution in [2.45, 2.75) is 32.9 Å². The summed E-state index contributed by atoms with van der Waals surface area (Å²) in [6.07, 6.45) is 0. The van der Waals surface area contributed by atoms with Crippen molar-refractivity contribution in [3.63, 3.8) is 0 Å². The van der Waals surface area contributed by atoms with Crippen LogP contribution in [0.25, 0.3) is 0 Å². The molecule has 0 saturated carbocycles. The smallest absolute Gasteiger partial charge is 0.270 e. The molecule has 0 fully saturated rings. The van der Waals surface area contributed by atoms with Gasteiger partial charge >= 0.3 is 0 Å². The van der Waals surface area contributed by atoms with Crippen LogP contribution in [0.4, 0.5) is 5.69 Å². The van der Waals surface area contributed by atoms with Crippen LogP contribution in [0.3, 0.4) is 0 Å². The lowest BCUT2D eigenvalue weighted by atomic mass is 10.1. The van der Waals surface area contributed by atoms with Gasteiger partial charge < -0.3 is 10.6 Å². The summed E-state index contributed by atoms with van der Waals surface area (Å²) in [6.45, 7) is 5.15. The largest absolute Gasteiger partial charge is 0.352 e. The molecule has 1 rings (SSSR count). The molecule has 114 valence electrons. The third kappa shape index (κ3) is 4.71. The molecule has 0 spiro atoms. The molecule has 0 bridgehead atoms. The maximum absolute atomic E-state index is 12.0. The number of carbonyl (C=O) groups excluding carboxylic acids is 2. The molecule has 0 saturated heterocycles. The monoisotopic (exact) mass is 313 g/mol. The van der Waals surface area contributed by atoms with Crippen molar-refractivity contribution in [3.8, 4) is 0 Å². The van der Waals surface area contributed by atoms with Crippen LogP contribution in [0.5, 0.6) is 0 Å². The zero-order chi connectivity index (χ0) is 16.2. The molecule has 2 amide bonds. The molecule has 0 heterocycles. The summed E-state index contributed by atoms with van der Waals surface area (Å²) >= 11 is 5.85. The molecule has 0 aliphatic carbocycles. The molecule has 8 heteroatoms. The lowest BCUT2D eigenvalue weighted by molar-refractivity contribution is -0.384. The van der Waals surface area contributed by atoms with Gasteiger partial charge in [0.2, 0.25) is 5.91 Å². The maximum Gasteiger partial charge on any atom is 0.270 e. The number of benzene rings is 1. The van der Waals surface area contributed by atoms with Crippen LogP contribution in [-0.2, 0) is 4.79 Å². The lowest BCUT2D eigenvalue weighted by Gasteiger charge is -2.16. The Kier molecular flexibility index (Phi) is 5.66. The minimum atomic E-state index is -0.744. The average molecular weight is 314 g/mol. The van der Waals surface area contributed by atoms with E-state index in [-0.39, 0.29) is 28.2 Å². The standard InChI is InChI=1S/C13H16ClN3O4/c1-7(2)15-12(18)8(3)16-13(19)10-5-4-9(17(20)21)6-11(10)14/h4-8H,1-3H3,(H,15,18)(H,16,19). The lowest BCUT2D eigenvalue weighted by Crippen LogP contribution is -2.46. The predicted molar refractivity (Wildman–Crippen MR) is 78.3 cm³/mol. The van der Waals surface area contributed by atoms with E-state index in [1.165, 1.54) is 19.1 Å². The number of halogens is 1. The van der Waals surface area contributed by atoms with Crippen LogP contribution in [-0.4, -0.2) is 28.8 Å². The molecule has 1 atom stereocenters. The Labute approximate surface area is 126 Å². The second-order valence-corrected chi connectivity index (χ2v) is 5.19. The van der Waals surface area contributed by atoms with E-state index >= 15 is 0 Å². The van der Waals surface area contributed by atoms with Gasteiger partial charge in [0.25, 0.3) is 11.6 Å². The third-order valence-corrected chi connectivity index (χ3v) is 2.89. The van der Waals surface area contributed by atoms with Crippen molar-refractivity contribution in [1.82, 2.24) is 10.6 Å². The van der Waals surface area contributed by atoms with Gasteiger partial charge in [-0.15, -0.1) is 0 Å². The minimum Gasteiger partial charge on any atom is -0.352 e. The molecule has 0 aliphatic rings. The molecule has 1 aromatic carbocycles. The molecule has 2 N–H and O–H groups in total. The van der Waals surface area contributed by atoms with Crippen molar-refractivity contribution in [2.75, 3.05) is 0 Å². The van der Waals surface area contributed by atoms with Crippen molar-refractivity contribution >= 4 is 29.1 Å². The first-order valence-corrected chi connectivity index (χ1v) is 6.65. The SMILES string of the molecule is CC(C)NC(=O)C(C)NC(=O)c1ccc([N+](=O)[O-])cc1Cl. The number of amides is 2. The second-order valence-electron chi connectivity index (χ2n) is 4.78. The van der Waals surface area contributed by atoms with E-state index in [2.05, 4.69) is 10.6 Å². The minimum absolute atomic E-state index is 0.0418. The van der Waals surface area contributed by atoms with Gasteiger partial charge in [-0.25, -0.2) is 0 Å². The van der Waals surface area contributed by atoms with Gasteiger partial charge in [0.05, 0.1) is 15.5 Å². The van der Waals surface area contributed by atoms with Gasteiger partial charge in [-0.05, 0) is 26.8 Å². The molecule has 0 aliphatic heterocycles. The first-order valence-electron chi connectivity index (χ1n) is 6.27. The topological polar surface area (TPSA) is 101 Å². The van der Waals surface area contributed by atoms with Crippen molar-refractivity contribution < 1.29 is 14.5 Å². The highest BCUT2D eigenvalue weighted by Gasteiger charge is 2.20. The molecule has 0 radical (unpaired) electrons. The Balaban J connectivity index is 2.80. The Morgan fingerprint density at radius 2 is 1.86 bits per heavy atom. The first kappa shape index (κ1) is 16.9. The predicted octanol–water partition coefficient (Wildman–Crippen LogP) is 1.89. The van der Waals surface area contributed by atoms with Gasteiger partial charge in [-0.1, -0.05) is 11.6 Å². The van der Waals surface area contributed by atoms with Crippen molar-refractivity contribution in [1.29, 1.82) is 0 Å². The van der Waals surface area contributed by atoms with Crippen LogP contribution in [0.2, 0.25) is 5.02 Å². The normalized spacial score (nSPS) is 11.9. The van der Waals surface area contributed by atoms with E-state index in [1.54, 1.807) is 13.8 Å². The zero-order valence-corrected chi connectivity index (χ0v) is 12.6. The summed E-state index contributed by atoms with van der Waals surface area (Å²) in [4.78, 5) is 33.7. The Morgan fingerprint density at radius 1 is 1.24 bits per heavy atom. The molecular formula is C13H16ClN3O4. The van der Waals surface area contributed by atoms with Gasteiger partial charge in [0.15, 0.2) is 0 Å². The summed E-state index contributed by atoms with van der Waals surface area (Å²) in [5.41, 5.74) is -0.131. The number of hydrogen-bond acceptors (Lipinski definition) is 4. The fourth-order valence-corrected chi connectivity index (χ4v) is 1.81. The highest BCUT2D eigenvalue weighted by atomic mass is 35.5. The average Bonchev–Trinajstić information content (AvgIpc) is 2.37. The summed E-state index contributed by atoms with van der Waals surface area (Å²) in [7, 11) is 0. The number of rotatable bonds is 5. The highest BCUT2D eigenvalue weighted by Crippen LogP contribution is 2.22. The number of nitro groups is 1. The van der Waals surface area contributed by atoms with Crippen molar-refractivity contribution in [2.24, 2.45) is 0 Å². The molecule has 0 aromatic heterocycles. The number of hydrogen-bond donors (Lipinski definition) is 2. The number of nitrogens with one attached hydrogen (secondary N) is 2. The fourth-order valence-electron chi connectivity index (χ4n) is 1.55. The Hall–Kier alpha value is -2.15. The summed E-state index contributed by atoms with van der Waals surface area (Å²) in [5, 5.41) is 15.7. The molecule has 1 unspecified atom stereocenters. The van der Waals surface area contributed by atoms with Crippen LogP contribution < -0.4 is 10.6 Å². The van der Waals surface area contributed by atoms with E-state index in [9.17, 15) is 19.7 Å². The number of carbonyl (C=O) groups is 2. The number of nitro benzene ring substituents is 1. The molecule has 1 aromatic rings. The summed E-state index contributed by atoms with van der Waals surface area (Å²) in [6, 6.07) is 2.74. The fraction of sp³-hybridized carbons (Fsp3) is 0.385. The Morgan fingerprint density at radius 3 is 2.33 bits per heavy atom. The zero-order valence-electron chi connectivity index (χ0n) is 11.8. The summed E-state index contributed by atoms with van der Waals surface area (Å²) in [5.74, 6) is -0.891. The van der Waals surface area contributed by atoms with E-state index < -0.39 is 16.9 Å². The van der Waals surface area contributed by atoms with Gasteiger partial charge in [-0.3, -0.25) is 19.7 Å². The molecular weight excluding hydrogens is 298 g/mol. The second kappa shape index (κ2) is 7.03. The van der Waals surface area contributed by atoms with Crippen LogP contribution in [0, 0.1) is 10.1 Å². The van der Waals surface area contributed by atoms with Gasteiger partial charge in [-0.2, -0.15) is 0 Å².